The molecule has 1 aliphatic carbocycles. The van der Waals surface area contributed by atoms with Crippen LogP contribution in [-0.2, 0) is 4.74 Å². The molecule has 0 saturated carbocycles. The smallest absolute Gasteiger partial charge is 0.410 e. The summed E-state index contributed by atoms with van der Waals surface area (Å²) in [5.41, 5.74) is 4.74. The molecule has 25 heavy (non-hydrogen) atoms. The Bertz CT molecular complexity index is 748. The third-order valence-electron chi connectivity index (χ3n) is 4.46. The highest BCUT2D eigenvalue weighted by atomic mass is 16.6. The van der Waals surface area contributed by atoms with Crippen molar-refractivity contribution in [2.75, 3.05) is 26.3 Å². The number of aliphatic hydroxyl groups is 1. The van der Waals surface area contributed by atoms with Crippen molar-refractivity contribution < 1.29 is 14.6 Å². The third kappa shape index (κ3) is 3.52. The van der Waals surface area contributed by atoms with Gasteiger partial charge in [-0.05, 0) is 28.7 Å². The van der Waals surface area contributed by atoms with Crippen molar-refractivity contribution in [2.24, 2.45) is 0 Å². The average Bonchev–Trinajstić information content (AvgIpc) is 2.97. The van der Waals surface area contributed by atoms with E-state index in [1.54, 1.807) is 0 Å². The maximum absolute atomic E-state index is 12.3. The van der Waals surface area contributed by atoms with E-state index in [-0.39, 0.29) is 25.7 Å². The zero-order valence-corrected chi connectivity index (χ0v) is 14.0. The molecule has 0 spiro atoms. The van der Waals surface area contributed by atoms with Crippen LogP contribution in [0.1, 0.15) is 23.5 Å². The maximum Gasteiger partial charge on any atom is 0.410 e. The normalized spacial score (nSPS) is 12.2. The van der Waals surface area contributed by atoms with Gasteiger partial charge in [0, 0.05) is 19.1 Å². The van der Waals surface area contributed by atoms with Crippen LogP contribution in [0.3, 0.4) is 0 Å². The Morgan fingerprint density at radius 1 is 1.12 bits per heavy atom. The number of amides is 1. The second-order valence-corrected chi connectivity index (χ2v) is 6.01. The molecule has 2 aromatic carbocycles. The van der Waals surface area contributed by atoms with E-state index in [4.69, 9.17) is 16.3 Å². The van der Waals surface area contributed by atoms with Gasteiger partial charge in [0.15, 0.2) is 0 Å². The lowest BCUT2D eigenvalue weighted by Crippen LogP contribution is -2.34. The van der Waals surface area contributed by atoms with Gasteiger partial charge >= 0.3 is 6.09 Å². The standard InChI is InChI=1S/C21H21NO3/c1-2-12-22(13-7-14-23)21(24)25-15-20-18-10-5-3-8-16(18)17-9-4-6-11-19(17)20/h1,3-6,8-11,20,23H,7,12-15H2. The first kappa shape index (κ1) is 17.1. The molecule has 0 bridgehead atoms. The van der Waals surface area contributed by atoms with Crippen LogP contribution < -0.4 is 0 Å². The Balaban J connectivity index is 1.75. The van der Waals surface area contributed by atoms with Crippen LogP contribution in [0.2, 0.25) is 0 Å². The van der Waals surface area contributed by atoms with Crippen molar-refractivity contribution >= 4 is 6.09 Å². The van der Waals surface area contributed by atoms with Crippen molar-refractivity contribution in [3.05, 3.63) is 59.7 Å². The van der Waals surface area contributed by atoms with Crippen molar-refractivity contribution in [1.29, 1.82) is 0 Å². The number of hydrogen-bond acceptors (Lipinski definition) is 3. The number of carbonyl (C=O) groups is 1. The van der Waals surface area contributed by atoms with Gasteiger partial charge in [-0.15, -0.1) is 6.42 Å². The van der Waals surface area contributed by atoms with E-state index >= 15 is 0 Å². The Morgan fingerprint density at radius 2 is 1.72 bits per heavy atom. The van der Waals surface area contributed by atoms with Crippen molar-refractivity contribution in [3.8, 4) is 23.5 Å². The summed E-state index contributed by atoms with van der Waals surface area (Å²) in [5, 5.41) is 8.96. The number of hydrogen-bond donors (Lipinski definition) is 1. The minimum atomic E-state index is -0.437. The predicted octanol–water partition coefficient (Wildman–Crippen LogP) is 3.25. The molecule has 0 radical (unpaired) electrons. The quantitative estimate of drug-likeness (QED) is 0.825. The molecule has 1 N–H and O–H groups in total. The second-order valence-electron chi connectivity index (χ2n) is 6.01. The predicted molar refractivity (Wildman–Crippen MR) is 97.2 cm³/mol. The van der Waals surface area contributed by atoms with Gasteiger partial charge in [0.25, 0.3) is 0 Å². The molecule has 0 aliphatic heterocycles. The zero-order valence-electron chi connectivity index (χ0n) is 14.0. The largest absolute Gasteiger partial charge is 0.448 e. The molecule has 3 rings (SSSR count). The number of aliphatic hydroxyl groups excluding tert-OH is 1. The van der Waals surface area contributed by atoms with Gasteiger partial charge in [-0.3, -0.25) is 4.90 Å². The fraction of sp³-hybridized carbons (Fsp3) is 0.286. The number of terminal acetylenes is 1. The molecule has 0 aromatic heterocycles. The molecule has 1 aliphatic rings. The summed E-state index contributed by atoms with van der Waals surface area (Å²) in [6.07, 6.45) is 5.36. The molecule has 0 saturated heterocycles. The molecular weight excluding hydrogens is 314 g/mol. The van der Waals surface area contributed by atoms with Crippen LogP contribution in [0, 0.1) is 12.3 Å². The van der Waals surface area contributed by atoms with Gasteiger partial charge in [-0.25, -0.2) is 4.79 Å². The van der Waals surface area contributed by atoms with E-state index < -0.39 is 6.09 Å². The summed E-state index contributed by atoms with van der Waals surface area (Å²) in [6.45, 7) is 0.846. The first-order valence-electron chi connectivity index (χ1n) is 8.40. The molecule has 2 aromatic rings. The Morgan fingerprint density at radius 3 is 2.28 bits per heavy atom. The van der Waals surface area contributed by atoms with Gasteiger partial charge in [0.2, 0.25) is 0 Å². The lowest BCUT2D eigenvalue weighted by atomic mass is 9.98. The summed E-state index contributed by atoms with van der Waals surface area (Å²) in [4.78, 5) is 13.8. The first-order chi connectivity index (χ1) is 12.3. The lowest BCUT2D eigenvalue weighted by molar-refractivity contribution is 0.102. The molecule has 1 amide bonds. The highest BCUT2D eigenvalue weighted by Crippen LogP contribution is 2.44. The fourth-order valence-electron chi connectivity index (χ4n) is 3.29. The van der Waals surface area contributed by atoms with Crippen LogP contribution in [0.15, 0.2) is 48.5 Å². The van der Waals surface area contributed by atoms with E-state index in [0.717, 1.165) is 0 Å². The maximum atomic E-state index is 12.3. The topological polar surface area (TPSA) is 49.8 Å². The fourth-order valence-corrected chi connectivity index (χ4v) is 3.29. The Labute approximate surface area is 148 Å². The van der Waals surface area contributed by atoms with Gasteiger partial charge in [-0.2, -0.15) is 0 Å². The SMILES string of the molecule is C#CCN(CCCO)C(=O)OCC1c2ccccc2-c2ccccc21. The first-order valence-corrected chi connectivity index (χ1v) is 8.40. The summed E-state index contributed by atoms with van der Waals surface area (Å²) < 4.78 is 5.56. The molecule has 0 fully saturated rings. The Kier molecular flexibility index (Phi) is 5.37. The summed E-state index contributed by atoms with van der Waals surface area (Å²) >= 11 is 0. The van der Waals surface area contributed by atoms with Crippen LogP contribution >= 0.6 is 0 Å². The molecule has 128 valence electrons. The number of nitrogens with zero attached hydrogens (tertiary/aromatic N) is 1. The van der Waals surface area contributed by atoms with E-state index in [1.165, 1.54) is 27.2 Å². The molecule has 4 nitrogen and oxygen atoms in total. The monoisotopic (exact) mass is 335 g/mol. The number of carbonyl (C=O) groups excluding carboxylic acids is 1. The van der Waals surface area contributed by atoms with Crippen molar-refractivity contribution in [1.82, 2.24) is 4.90 Å². The minimum absolute atomic E-state index is 0.0116. The lowest BCUT2D eigenvalue weighted by Gasteiger charge is -2.21. The number of ether oxygens (including phenoxy) is 1. The van der Waals surface area contributed by atoms with Crippen molar-refractivity contribution in [3.63, 3.8) is 0 Å². The van der Waals surface area contributed by atoms with E-state index in [1.807, 2.05) is 24.3 Å². The van der Waals surface area contributed by atoms with E-state index in [9.17, 15) is 4.79 Å². The van der Waals surface area contributed by atoms with Crippen LogP contribution in [0.5, 0.6) is 0 Å². The second kappa shape index (κ2) is 7.87. The van der Waals surface area contributed by atoms with Gasteiger partial charge in [0.1, 0.15) is 6.61 Å². The van der Waals surface area contributed by atoms with Crippen LogP contribution in [0.4, 0.5) is 4.79 Å². The highest BCUT2D eigenvalue weighted by molar-refractivity contribution is 5.79. The van der Waals surface area contributed by atoms with E-state index in [0.29, 0.717) is 13.0 Å². The molecule has 0 atom stereocenters. The molecule has 0 unspecified atom stereocenters. The summed E-state index contributed by atoms with van der Waals surface area (Å²) in [7, 11) is 0. The number of benzene rings is 2. The summed E-state index contributed by atoms with van der Waals surface area (Å²) in [6, 6.07) is 16.4. The number of rotatable bonds is 6. The number of fused-ring (bicyclic) bond motifs is 3. The molecular formula is C21H21NO3. The highest BCUT2D eigenvalue weighted by Gasteiger charge is 2.29. The van der Waals surface area contributed by atoms with Gasteiger partial charge in [0.05, 0.1) is 6.54 Å². The zero-order chi connectivity index (χ0) is 17.6. The van der Waals surface area contributed by atoms with Crippen LogP contribution in [0.25, 0.3) is 11.1 Å². The van der Waals surface area contributed by atoms with Crippen molar-refractivity contribution in [2.45, 2.75) is 12.3 Å². The minimum Gasteiger partial charge on any atom is -0.448 e. The average molecular weight is 335 g/mol. The third-order valence-corrected chi connectivity index (χ3v) is 4.46. The van der Waals surface area contributed by atoms with E-state index in [2.05, 4.69) is 30.2 Å². The van der Waals surface area contributed by atoms with Crippen LogP contribution in [-0.4, -0.2) is 42.4 Å². The molecule has 0 heterocycles. The van der Waals surface area contributed by atoms with Gasteiger partial charge in [-0.1, -0.05) is 54.5 Å². The van der Waals surface area contributed by atoms with Gasteiger partial charge < -0.3 is 9.84 Å². The Hall–Kier alpha value is -2.77. The molecule has 4 heteroatoms. The summed E-state index contributed by atoms with van der Waals surface area (Å²) in [5.74, 6) is 2.49.